The molecule has 2 aromatic rings. The molecule has 4 nitrogen and oxygen atoms in total. The van der Waals surface area contributed by atoms with Crippen LogP contribution in [0.15, 0.2) is 12.1 Å². The van der Waals surface area contributed by atoms with Gasteiger partial charge in [-0.25, -0.2) is 0 Å². The van der Waals surface area contributed by atoms with Gasteiger partial charge in [0.25, 0.3) is 0 Å². The number of ether oxygens (including phenoxy) is 1. The molecule has 1 aromatic heterocycles. The molecule has 0 fully saturated rings. The van der Waals surface area contributed by atoms with Crippen LogP contribution in [0.2, 0.25) is 0 Å². The van der Waals surface area contributed by atoms with Crippen LogP contribution in [0, 0.1) is 6.92 Å². The smallest absolute Gasteiger partial charge is 0.143 e. The molecule has 1 aliphatic heterocycles. The number of likely N-dealkylation sites (N-methyl/N-ethyl adjacent to an activating group) is 1. The summed E-state index contributed by atoms with van der Waals surface area (Å²) >= 11 is 0. The highest BCUT2D eigenvalue weighted by Crippen LogP contribution is 2.36. The normalized spacial score (nSPS) is 15.6. The first-order valence-electron chi connectivity index (χ1n) is 7.23. The second-order valence-electron chi connectivity index (χ2n) is 5.72. The summed E-state index contributed by atoms with van der Waals surface area (Å²) in [5.74, 6) is 0.981. The van der Waals surface area contributed by atoms with E-state index < -0.39 is 0 Å². The van der Waals surface area contributed by atoms with Crippen molar-refractivity contribution in [3.63, 3.8) is 0 Å². The molecule has 0 saturated carbocycles. The average Bonchev–Trinajstić information content (AvgIpc) is 2.72. The van der Waals surface area contributed by atoms with Crippen LogP contribution in [0.5, 0.6) is 5.75 Å². The zero-order chi connectivity index (χ0) is 14.3. The topological polar surface area (TPSA) is 43.4 Å². The fourth-order valence-electron chi connectivity index (χ4n) is 3.32. The third-order valence-electron chi connectivity index (χ3n) is 4.23. The first-order valence-corrected chi connectivity index (χ1v) is 7.23. The van der Waals surface area contributed by atoms with Gasteiger partial charge in [0.15, 0.2) is 0 Å². The molecule has 1 aromatic carbocycles. The summed E-state index contributed by atoms with van der Waals surface area (Å²) in [6.45, 7) is 5.90. The summed E-state index contributed by atoms with van der Waals surface area (Å²) in [4.78, 5) is 2.37. The number of aryl methyl sites for hydroxylation is 1. The lowest BCUT2D eigenvalue weighted by molar-refractivity contribution is 0.271. The molecule has 4 heteroatoms. The molecule has 20 heavy (non-hydrogen) atoms. The number of nitrogens with zero attached hydrogens (tertiary/aromatic N) is 2. The Morgan fingerprint density at radius 3 is 2.80 bits per heavy atom. The number of benzene rings is 1. The summed E-state index contributed by atoms with van der Waals surface area (Å²) in [7, 11) is 3.93. The predicted octanol–water partition coefficient (Wildman–Crippen LogP) is 1.90. The van der Waals surface area contributed by atoms with Crippen molar-refractivity contribution in [3.8, 4) is 5.75 Å². The molecule has 0 unspecified atom stereocenters. The van der Waals surface area contributed by atoms with Crippen LogP contribution >= 0.6 is 0 Å². The summed E-state index contributed by atoms with van der Waals surface area (Å²) in [5, 5.41) is 1.32. The third-order valence-corrected chi connectivity index (χ3v) is 4.23. The van der Waals surface area contributed by atoms with E-state index in [-0.39, 0.29) is 0 Å². The van der Waals surface area contributed by atoms with Crippen molar-refractivity contribution in [1.82, 2.24) is 9.47 Å². The molecule has 0 radical (unpaired) electrons. The third kappa shape index (κ3) is 2.00. The Morgan fingerprint density at radius 2 is 2.10 bits per heavy atom. The van der Waals surface area contributed by atoms with Crippen molar-refractivity contribution in [1.29, 1.82) is 0 Å². The maximum absolute atomic E-state index is 5.83. The highest BCUT2D eigenvalue weighted by molar-refractivity contribution is 5.91. The molecule has 0 spiro atoms. The number of fused-ring (bicyclic) bond motifs is 3. The van der Waals surface area contributed by atoms with Gasteiger partial charge in [0.1, 0.15) is 5.75 Å². The predicted molar refractivity (Wildman–Crippen MR) is 82.3 cm³/mol. The number of hydrogen-bond acceptors (Lipinski definition) is 3. The van der Waals surface area contributed by atoms with Gasteiger partial charge in [-0.3, -0.25) is 4.90 Å². The van der Waals surface area contributed by atoms with E-state index in [1.54, 1.807) is 7.11 Å². The van der Waals surface area contributed by atoms with E-state index in [1.807, 2.05) is 0 Å². The van der Waals surface area contributed by atoms with Crippen molar-refractivity contribution in [2.45, 2.75) is 26.4 Å². The Labute approximate surface area is 120 Å². The molecule has 0 atom stereocenters. The van der Waals surface area contributed by atoms with Crippen LogP contribution in [0.1, 0.15) is 16.8 Å². The average molecular weight is 273 g/mol. The Balaban J connectivity index is 2.33. The first kappa shape index (κ1) is 13.5. The Kier molecular flexibility index (Phi) is 3.44. The van der Waals surface area contributed by atoms with Crippen molar-refractivity contribution in [2.75, 3.05) is 27.2 Å². The van der Waals surface area contributed by atoms with Crippen LogP contribution in [0.3, 0.4) is 0 Å². The SMILES string of the molecule is COc1cc(C)cc2c(CCN)c3n(c12)CCN(C)C3. The molecular formula is C16H23N3O. The Hall–Kier alpha value is -1.52. The van der Waals surface area contributed by atoms with Gasteiger partial charge >= 0.3 is 0 Å². The molecule has 0 bridgehead atoms. The van der Waals surface area contributed by atoms with Gasteiger partial charge in [-0.15, -0.1) is 0 Å². The van der Waals surface area contributed by atoms with Gasteiger partial charge < -0.3 is 15.0 Å². The highest BCUT2D eigenvalue weighted by Gasteiger charge is 2.23. The van der Waals surface area contributed by atoms with E-state index in [4.69, 9.17) is 10.5 Å². The molecule has 0 aliphatic carbocycles. The number of hydrogen-bond donors (Lipinski definition) is 1. The minimum atomic E-state index is 0.687. The van der Waals surface area contributed by atoms with E-state index in [2.05, 4.69) is 35.6 Å². The van der Waals surface area contributed by atoms with Crippen LogP contribution in [0.25, 0.3) is 10.9 Å². The van der Waals surface area contributed by atoms with E-state index in [9.17, 15) is 0 Å². The minimum Gasteiger partial charge on any atom is -0.495 e. The molecule has 0 amide bonds. The summed E-state index contributed by atoms with van der Waals surface area (Å²) in [6.07, 6.45) is 0.930. The van der Waals surface area contributed by atoms with Crippen LogP contribution in [-0.4, -0.2) is 36.7 Å². The second kappa shape index (κ2) is 5.11. The number of aromatic nitrogens is 1. The van der Waals surface area contributed by atoms with Gasteiger partial charge in [-0.2, -0.15) is 0 Å². The quantitative estimate of drug-likeness (QED) is 0.929. The molecule has 2 N–H and O–H groups in total. The van der Waals surface area contributed by atoms with Gasteiger partial charge in [0.2, 0.25) is 0 Å². The first-order chi connectivity index (χ1) is 9.65. The minimum absolute atomic E-state index is 0.687. The lowest BCUT2D eigenvalue weighted by Gasteiger charge is -2.26. The largest absolute Gasteiger partial charge is 0.495 e. The molecular weight excluding hydrogens is 250 g/mol. The van der Waals surface area contributed by atoms with E-state index >= 15 is 0 Å². The van der Waals surface area contributed by atoms with E-state index in [1.165, 1.54) is 27.7 Å². The van der Waals surface area contributed by atoms with Crippen molar-refractivity contribution in [3.05, 3.63) is 29.0 Å². The number of rotatable bonds is 3. The van der Waals surface area contributed by atoms with Gasteiger partial charge in [0.05, 0.1) is 12.6 Å². The van der Waals surface area contributed by atoms with Crippen LogP contribution in [-0.2, 0) is 19.5 Å². The van der Waals surface area contributed by atoms with Gasteiger partial charge in [0, 0.05) is 30.7 Å². The fourth-order valence-corrected chi connectivity index (χ4v) is 3.32. The molecule has 108 valence electrons. The van der Waals surface area contributed by atoms with Crippen LogP contribution in [0.4, 0.5) is 0 Å². The molecule has 2 heterocycles. The number of nitrogens with two attached hydrogens (primary N) is 1. The lowest BCUT2D eigenvalue weighted by atomic mass is 10.0. The molecule has 1 aliphatic rings. The number of methoxy groups -OCH3 is 1. The molecule has 0 saturated heterocycles. The summed E-state index contributed by atoms with van der Waals surface area (Å²) in [6, 6.07) is 4.40. The maximum Gasteiger partial charge on any atom is 0.143 e. The lowest BCUT2D eigenvalue weighted by Crippen LogP contribution is -2.30. The second-order valence-corrected chi connectivity index (χ2v) is 5.72. The fraction of sp³-hybridized carbons (Fsp3) is 0.500. The molecule has 3 rings (SSSR count). The summed E-state index contributed by atoms with van der Waals surface area (Å²) < 4.78 is 8.06. The van der Waals surface area contributed by atoms with Crippen molar-refractivity contribution >= 4 is 10.9 Å². The van der Waals surface area contributed by atoms with Crippen LogP contribution < -0.4 is 10.5 Å². The monoisotopic (exact) mass is 273 g/mol. The van der Waals surface area contributed by atoms with Crippen molar-refractivity contribution in [2.24, 2.45) is 5.73 Å². The van der Waals surface area contributed by atoms with Crippen molar-refractivity contribution < 1.29 is 4.74 Å². The van der Waals surface area contributed by atoms with E-state index in [0.29, 0.717) is 6.54 Å². The summed E-state index contributed by atoms with van der Waals surface area (Å²) in [5.41, 5.74) is 11.1. The zero-order valence-electron chi connectivity index (χ0n) is 12.6. The highest BCUT2D eigenvalue weighted by atomic mass is 16.5. The van der Waals surface area contributed by atoms with E-state index in [0.717, 1.165) is 31.8 Å². The Morgan fingerprint density at radius 1 is 1.30 bits per heavy atom. The van der Waals surface area contributed by atoms with Gasteiger partial charge in [-0.05, 0) is 50.2 Å². The zero-order valence-corrected chi connectivity index (χ0v) is 12.6. The van der Waals surface area contributed by atoms with Gasteiger partial charge in [-0.1, -0.05) is 0 Å². The maximum atomic E-state index is 5.83. The standard InChI is InChI=1S/C16H23N3O/c1-11-8-13-12(4-5-17)14-10-18(2)6-7-19(14)16(13)15(9-11)20-3/h8-9H,4-7,10,17H2,1-3H3. The Bertz CT molecular complexity index is 645.